The minimum absolute atomic E-state index is 0.0526. The first-order valence-electron chi connectivity index (χ1n) is 10.1. The smallest absolute Gasteiger partial charge is 0.392 e. The van der Waals surface area contributed by atoms with Crippen molar-refractivity contribution in [3.05, 3.63) is 47.5 Å². The van der Waals surface area contributed by atoms with Crippen LogP contribution in [-0.2, 0) is 0 Å². The Labute approximate surface area is 184 Å². The molecule has 1 aromatic carbocycles. The largest absolute Gasteiger partial charge is 0.394 e. The first-order valence-corrected chi connectivity index (χ1v) is 10.1. The van der Waals surface area contributed by atoms with E-state index in [-0.39, 0.29) is 31.3 Å². The number of carbonyl (C=O) groups is 1. The van der Waals surface area contributed by atoms with Crippen molar-refractivity contribution >= 4 is 23.4 Å². The van der Waals surface area contributed by atoms with Crippen LogP contribution in [0.3, 0.4) is 0 Å². The third-order valence-corrected chi connectivity index (χ3v) is 5.02. The lowest BCUT2D eigenvalue weighted by Gasteiger charge is -2.19. The third kappa shape index (κ3) is 6.13. The number of aliphatic hydroxyl groups excluding tert-OH is 1. The van der Waals surface area contributed by atoms with Crippen molar-refractivity contribution in [1.82, 2.24) is 9.88 Å². The van der Waals surface area contributed by atoms with E-state index >= 15 is 0 Å². The van der Waals surface area contributed by atoms with E-state index in [4.69, 9.17) is 5.73 Å². The van der Waals surface area contributed by atoms with Crippen LogP contribution in [0.25, 0.3) is 11.1 Å². The SMILES string of the molecule is Cc1ccc(NC(=O)N2CC=C(CC(F)(F)F)C2)cc1-c1cc(N)nc(N[C@H](C)CO)c1. The molecule has 0 bridgehead atoms. The average Bonchev–Trinajstić information content (AvgIpc) is 3.15. The van der Waals surface area contributed by atoms with Gasteiger partial charge in [-0.15, -0.1) is 0 Å². The Hall–Kier alpha value is -3.27. The molecule has 0 unspecified atom stereocenters. The van der Waals surface area contributed by atoms with Crippen molar-refractivity contribution in [2.75, 3.05) is 36.1 Å². The Kier molecular flexibility index (Phi) is 6.93. The number of rotatable bonds is 6. The fraction of sp³-hybridized carbons (Fsp3) is 0.364. The van der Waals surface area contributed by atoms with Crippen LogP contribution in [0.15, 0.2) is 42.0 Å². The van der Waals surface area contributed by atoms with Crippen molar-refractivity contribution in [2.45, 2.75) is 32.5 Å². The molecule has 0 fully saturated rings. The summed E-state index contributed by atoms with van der Waals surface area (Å²) in [5.74, 6) is 0.806. The van der Waals surface area contributed by atoms with Gasteiger partial charge >= 0.3 is 12.2 Å². The second kappa shape index (κ2) is 9.47. The lowest BCUT2D eigenvalue weighted by Crippen LogP contribution is -2.33. The molecule has 2 heterocycles. The molecule has 0 saturated carbocycles. The lowest BCUT2D eigenvalue weighted by atomic mass is 10.0. The zero-order chi connectivity index (χ0) is 23.5. The second-order valence-electron chi connectivity index (χ2n) is 7.89. The van der Waals surface area contributed by atoms with Gasteiger partial charge in [-0.3, -0.25) is 0 Å². The molecule has 1 aromatic heterocycles. The van der Waals surface area contributed by atoms with E-state index in [1.807, 2.05) is 13.0 Å². The molecule has 2 amide bonds. The number of halogens is 3. The standard InChI is InChI=1S/C22H26F3N5O2/c1-13-3-4-17(28-21(32)30-6-5-15(11-30)10-22(23,24)25)9-18(13)16-7-19(26)29-20(8-16)27-14(2)12-31/h3-5,7-9,14,31H,6,10-12H2,1-2H3,(H,28,32)(H3,26,27,29)/t14-/m1/s1. The van der Waals surface area contributed by atoms with Crippen LogP contribution in [0, 0.1) is 6.92 Å². The lowest BCUT2D eigenvalue weighted by molar-refractivity contribution is -0.127. The fourth-order valence-corrected chi connectivity index (χ4v) is 3.45. The topological polar surface area (TPSA) is 104 Å². The molecule has 0 spiro atoms. The van der Waals surface area contributed by atoms with Crippen LogP contribution in [-0.4, -0.2) is 52.9 Å². The molecule has 5 N–H and O–H groups in total. The molecule has 1 aliphatic rings. The van der Waals surface area contributed by atoms with Crippen LogP contribution in [0.2, 0.25) is 0 Å². The van der Waals surface area contributed by atoms with Gasteiger partial charge in [-0.1, -0.05) is 12.1 Å². The zero-order valence-corrected chi connectivity index (χ0v) is 17.8. The number of alkyl halides is 3. The highest BCUT2D eigenvalue weighted by atomic mass is 19.4. The van der Waals surface area contributed by atoms with Crippen molar-refractivity contribution < 1.29 is 23.1 Å². The van der Waals surface area contributed by atoms with Crippen molar-refractivity contribution in [1.29, 1.82) is 0 Å². The number of carbonyl (C=O) groups excluding carboxylic acids is 1. The molecule has 0 aliphatic carbocycles. The van der Waals surface area contributed by atoms with Gasteiger partial charge in [0.05, 0.1) is 13.0 Å². The number of pyridine rings is 1. The summed E-state index contributed by atoms with van der Waals surface area (Å²) < 4.78 is 37.7. The minimum Gasteiger partial charge on any atom is -0.394 e. The number of benzene rings is 1. The Balaban J connectivity index is 1.75. The Morgan fingerprint density at radius 2 is 2.06 bits per heavy atom. The van der Waals surface area contributed by atoms with Crippen LogP contribution in [0.5, 0.6) is 0 Å². The number of aryl methyl sites for hydroxylation is 1. The monoisotopic (exact) mass is 449 g/mol. The average molecular weight is 449 g/mol. The normalized spacial score (nSPS) is 14.8. The summed E-state index contributed by atoms with van der Waals surface area (Å²) in [6.07, 6.45) is -3.87. The molecular formula is C22H26F3N5O2. The summed E-state index contributed by atoms with van der Waals surface area (Å²) in [5.41, 5.74) is 9.16. The molecule has 10 heteroatoms. The number of hydrogen-bond acceptors (Lipinski definition) is 5. The summed E-state index contributed by atoms with van der Waals surface area (Å²) in [6, 6.07) is 8.17. The summed E-state index contributed by atoms with van der Waals surface area (Å²) in [5, 5.41) is 15.1. The molecule has 2 aromatic rings. The summed E-state index contributed by atoms with van der Waals surface area (Å²) in [7, 11) is 0. The van der Waals surface area contributed by atoms with Crippen molar-refractivity contribution in [2.24, 2.45) is 0 Å². The van der Waals surface area contributed by atoms with Gasteiger partial charge in [0.1, 0.15) is 11.6 Å². The zero-order valence-electron chi connectivity index (χ0n) is 17.8. The van der Waals surface area contributed by atoms with Crippen LogP contribution < -0.4 is 16.4 Å². The molecule has 1 atom stereocenters. The van der Waals surface area contributed by atoms with E-state index in [2.05, 4.69) is 15.6 Å². The van der Waals surface area contributed by atoms with E-state index < -0.39 is 18.6 Å². The van der Waals surface area contributed by atoms with Gasteiger partial charge in [-0.2, -0.15) is 13.2 Å². The number of nitrogens with two attached hydrogens (primary N) is 1. The maximum Gasteiger partial charge on any atom is 0.392 e. The Morgan fingerprint density at radius 3 is 2.75 bits per heavy atom. The summed E-state index contributed by atoms with van der Waals surface area (Å²) in [6.45, 7) is 3.73. The Bertz CT molecular complexity index is 1020. The van der Waals surface area contributed by atoms with Gasteiger partial charge in [0.15, 0.2) is 0 Å². The molecule has 0 saturated heterocycles. The van der Waals surface area contributed by atoms with Gasteiger partial charge in [-0.25, -0.2) is 9.78 Å². The van der Waals surface area contributed by atoms with Crippen LogP contribution in [0.1, 0.15) is 18.9 Å². The van der Waals surface area contributed by atoms with Crippen LogP contribution >= 0.6 is 0 Å². The van der Waals surface area contributed by atoms with E-state index in [1.165, 1.54) is 11.0 Å². The highest BCUT2D eigenvalue weighted by molar-refractivity contribution is 5.91. The molecule has 1 aliphatic heterocycles. The minimum atomic E-state index is -4.29. The highest BCUT2D eigenvalue weighted by Crippen LogP contribution is 2.30. The number of hydrogen-bond donors (Lipinski definition) is 4. The molecule has 32 heavy (non-hydrogen) atoms. The van der Waals surface area contributed by atoms with Crippen molar-refractivity contribution in [3.8, 4) is 11.1 Å². The third-order valence-electron chi connectivity index (χ3n) is 5.02. The maximum absolute atomic E-state index is 12.6. The number of nitrogens with zero attached hydrogens (tertiary/aromatic N) is 2. The first-order chi connectivity index (χ1) is 15.0. The highest BCUT2D eigenvalue weighted by Gasteiger charge is 2.32. The molecule has 172 valence electrons. The van der Waals surface area contributed by atoms with Gasteiger partial charge in [0.2, 0.25) is 0 Å². The first kappa shape index (κ1) is 23.4. The number of urea groups is 1. The molecule has 0 radical (unpaired) electrons. The number of nitrogens with one attached hydrogen (secondary N) is 2. The van der Waals surface area contributed by atoms with Gasteiger partial charge in [0, 0.05) is 24.8 Å². The summed E-state index contributed by atoms with van der Waals surface area (Å²) >= 11 is 0. The van der Waals surface area contributed by atoms with E-state index in [0.717, 1.165) is 16.7 Å². The molecular weight excluding hydrogens is 423 g/mol. The van der Waals surface area contributed by atoms with Gasteiger partial charge in [-0.05, 0) is 60.4 Å². The quantitative estimate of drug-likeness (QED) is 0.496. The number of nitrogen functional groups attached to an aromatic ring is 1. The van der Waals surface area contributed by atoms with E-state index in [0.29, 0.717) is 17.3 Å². The van der Waals surface area contributed by atoms with Crippen molar-refractivity contribution in [3.63, 3.8) is 0 Å². The fourth-order valence-electron chi connectivity index (χ4n) is 3.45. The summed E-state index contributed by atoms with van der Waals surface area (Å²) in [4.78, 5) is 18.1. The van der Waals surface area contributed by atoms with Crippen LogP contribution in [0.4, 0.5) is 35.3 Å². The van der Waals surface area contributed by atoms with E-state index in [1.54, 1.807) is 31.2 Å². The maximum atomic E-state index is 12.6. The second-order valence-corrected chi connectivity index (χ2v) is 7.89. The Morgan fingerprint density at radius 1 is 1.31 bits per heavy atom. The van der Waals surface area contributed by atoms with Gasteiger partial charge < -0.3 is 26.4 Å². The predicted octanol–water partition coefficient (Wildman–Crippen LogP) is 4.16. The van der Waals surface area contributed by atoms with E-state index in [9.17, 15) is 23.1 Å². The number of anilines is 3. The molecule has 3 rings (SSSR count). The number of aromatic nitrogens is 1. The number of aliphatic hydroxyl groups is 1. The molecule has 7 nitrogen and oxygen atoms in total. The predicted molar refractivity (Wildman–Crippen MR) is 118 cm³/mol. The number of amides is 2. The van der Waals surface area contributed by atoms with Gasteiger partial charge in [0.25, 0.3) is 0 Å².